The first kappa shape index (κ1) is 32.6. The van der Waals surface area contributed by atoms with Gasteiger partial charge in [-0.2, -0.15) is 0 Å². The number of hydrogen-bond acceptors (Lipinski definition) is 8. The van der Waals surface area contributed by atoms with Crippen LogP contribution in [0.25, 0.3) is 11.0 Å². The number of fused-ring (bicyclic) bond motifs is 1. The van der Waals surface area contributed by atoms with Gasteiger partial charge in [-0.3, -0.25) is 9.59 Å². The largest absolute Gasteiger partial charge is 0.453 e. The number of carbonyl (C=O) groups excluding carboxylic acids is 3. The van der Waals surface area contributed by atoms with E-state index >= 15 is 4.39 Å². The zero-order valence-corrected chi connectivity index (χ0v) is 25.7. The van der Waals surface area contributed by atoms with Crippen LogP contribution in [0, 0.1) is 17.7 Å². The van der Waals surface area contributed by atoms with Crippen molar-refractivity contribution in [3.05, 3.63) is 40.7 Å². The van der Waals surface area contributed by atoms with E-state index in [-0.39, 0.29) is 60.6 Å². The van der Waals surface area contributed by atoms with E-state index in [1.54, 1.807) is 6.92 Å². The molecule has 0 radical (unpaired) electrons. The predicted octanol–water partition coefficient (Wildman–Crippen LogP) is 4.94. The van der Waals surface area contributed by atoms with Crippen LogP contribution in [0.15, 0.2) is 16.8 Å². The summed E-state index contributed by atoms with van der Waals surface area (Å²) < 4.78 is 81.4. The Labute approximate surface area is 265 Å². The molecule has 3 heterocycles. The fourth-order valence-electron chi connectivity index (χ4n) is 6.79. The lowest BCUT2D eigenvalue weighted by atomic mass is 9.80. The lowest BCUT2D eigenvalue weighted by Crippen LogP contribution is -2.56. The molecule has 2 aromatic heterocycles. The highest BCUT2D eigenvalue weighted by Gasteiger charge is 2.51. The Morgan fingerprint density at radius 3 is 2.49 bits per heavy atom. The second-order valence-electron chi connectivity index (χ2n) is 12.5. The molecule has 3 aromatic rings. The number of methoxy groups -OCH3 is 1. The number of H-pyrrole nitrogens is 1. The van der Waals surface area contributed by atoms with Gasteiger partial charge in [0.2, 0.25) is 17.8 Å². The number of carbonyl (C=O) groups is 3. The van der Waals surface area contributed by atoms with Crippen molar-refractivity contribution >= 4 is 28.9 Å². The summed E-state index contributed by atoms with van der Waals surface area (Å²) in [6.45, 7) is 1.64. The summed E-state index contributed by atoms with van der Waals surface area (Å²) in [4.78, 5) is 49.1. The molecule has 2 saturated carbocycles. The molecule has 0 spiro atoms. The third-order valence-corrected chi connectivity index (χ3v) is 9.46. The molecule has 3 aliphatic rings. The van der Waals surface area contributed by atoms with Crippen molar-refractivity contribution in [2.75, 3.05) is 26.7 Å². The fraction of sp³-hybridized carbons (Fsp3) is 0.600. The van der Waals surface area contributed by atoms with Crippen molar-refractivity contribution in [1.82, 2.24) is 35.4 Å². The molecule has 47 heavy (non-hydrogen) atoms. The van der Waals surface area contributed by atoms with Gasteiger partial charge in [-0.1, -0.05) is 18.1 Å². The van der Waals surface area contributed by atoms with Gasteiger partial charge in [-0.05, 0) is 36.4 Å². The van der Waals surface area contributed by atoms with E-state index in [2.05, 4.69) is 25.6 Å². The number of piperazine rings is 1. The molecule has 1 saturated heterocycles. The van der Waals surface area contributed by atoms with Crippen LogP contribution in [-0.4, -0.2) is 86.6 Å². The topological polar surface area (TPSA) is 147 Å². The molecule has 1 aromatic carbocycles. The normalized spacial score (nSPS) is 22.1. The van der Waals surface area contributed by atoms with E-state index in [9.17, 15) is 31.9 Å². The molecular weight excluding hydrogens is 633 g/mol. The number of rotatable bonds is 7. The van der Waals surface area contributed by atoms with Crippen molar-refractivity contribution in [3.8, 4) is 0 Å². The molecule has 12 nitrogen and oxygen atoms in total. The molecule has 0 unspecified atom stereocenters. The molecule has 0 bridgehead atoms. The maximum atomic E-state index is 16.4. The monoisotopic (exact) mass is 667 g/mol. The Morgan fingerprint density at radius 1 is 1.11 bits per heavy atom. The number of halogens is 5. The third-order valence-electron chi connectivity index (χ3n) is 9.46. The minimum atomic E-state index is -2.94. The molecular formula is C30H34F5N7O5. The highest BCUT2D eigenvalue weighted by Crippen LogP contribution is 2.45. The zero-order valence-electron chi connectivity index (χ0n) is 25.7. The van der Waals surface area contributed by atoms with E-state index in [1.807, 2.05) is 0 Å². The van der Waals surface area contributed by atoms with Gasteiger partial charge in [0.05, 0.1) is 24.7 Å². The van der Waals surface area contributed by atoms with E-state index in [1.165, 1.54) is 29.0 Å². The van der Waals surface area contributed by atoms with Crippen LogP contribution in [0.1, 0.15) is 85.1 Å². The summed E-state index contributed by atoms with van der Waals surface area (Å²) in [5.74, 6) is -9.12. The predicted molar refractivity (Wildman–Crippen MR) is 153 cm³/mol. The Hall–Kier alpha value is -4.31. The average Bonchev–Trinajstić information content (AvgIpc) is 3.70. The van der Waals surface area contributed by atoms with Crippen LogP contribution >= 0.6 is 0 Å². The van der Waals surface area contributed by atoms with Gasteiger partial charge in [0, 0.05) is 56.8 Å². The maximum absolute atomic E-state index is 16.4. The van der Waals surface area contributed by atoms with E-state index in [0.29, 0.717) is 12.1 Å². The minimum absolute atomic E-state index is 0.00254. The van der Waals surface area contributed by atoms with Crippen LogP contribution in [0.2, 0.25) is 0 Å². The number of nitrogens with zero attached hydrogens (tertiary/aromatic N) is 5. The van der Waals surface area contributed by atoms with Gasteiger partial charge in [0.25, 0.3) is 5.91 Å². The number of nitrogens with one attached hydrogen (secondary N) is 2. The molecule has 3 amide bonds. The Bertz CT molecular complexity index is 1660. The number of ether oxygens (including phenoxy) is 1. The van der Waals surface area contributed by atoms with Crippen LogP contribution in [0.3, 0.4) is 0 Å². The molecule has 17 heteroatoms. The van der Waals surface area contributed by atoms with Crippen molar-refractivity contribution in [2.24, 2.45) is 11.8 Å². The van der Waals surface area contributed by atoms with Gasteiger partial charge in [0.1, 0.15) is 17.0 Å². The first-order chi connectivity index (χ1) is 22.3. The molecule has 1 aliphatic heterocycles. The van der Waals surface area contributed by atoms with Crippen molar-refractivity contribution in [3.63, 3.8) is 0 Å². The van der Waals surface area contributed by atoms with Crippen molar-refractivity contribution in [2.45, 2.75) is 75.8 Å². The molecule has 2 aliphatic carbocycles. The number of aryl methyl sites for hydroxylation is 1. The van der Waals surface area contributed by atoms with Crippen molar-refractivity contribution in [1.29, 1.82) is 0 Å². The van der Waals surface area contributed by atoms with Crippen LogP contribution in [0.4, 0.5) is 26.7 Å². The van der Waals surface area contributed by atoms with Gasteiger partial charge in [-0.25, -0.2) is 36.4 Å². The number of hydrogen-bond donors (Lipinski definition) is 2. The maximum Gasteiger partial charge on any atom is 0.409 e. The Kier molecular flexibility index (Phi) is 8.59. The smallest absolute Gasteiger partial charge is 0.409 e. The van der Waals surface area contributed by atoms with E-state index < -0.39 is 85.2 Å². The Balaban J connectivity index is 1.34. The number of aromatic nitrogens is 4. The summed E-state index contributed by atoms with van der Waals surface area (Å²) in [5.41, 5.74) is 0.325. The standard InChI is InChI=1S/C30H34F5N7O5/c1-3-18-24(40-47-39-18)26(43)38-22(15-6-8-29(32,33)9-7-15)25-36-19-5-4-17(21(31)23(19)37-25)20-14-41(28(45)46-2)10-11-42(20)27(44)16-12-30(34,35)13-16/h4-5,15-16,20,22H,3,6-14H2,1-2H3,(H,36,37)(H,38,43)/t20-,22+/m1/s1. The highest BCUT2D eigenvalue weighted by molar-refractivity contribution is 5.93. The minimum Gasteiger partial charge on any atom is -0.453 e. The van der Waals surface area contributed by atoms with E-state index in [4.69, 9.17) is 9.37 Å². The molecule has 6 rings (SSSR count). The molecule has 3 fully saturated rings. The van der Waals surface area contributed by atoms with Crippen LogP contribution in [-0.2, 0) is 16.0 Å². The van der Waals surface area contributed by atoms with Crippen molar-refractivity contribution < 1.29 is 45.7 Å². The molecule has 254 valence electrons. The van der Waals surface area contributed by atoms with Gasteiger partial charge < -0.3 is 24.8 Å². The lowest BCUT2D eigenvalue weighted by Gasteiger charge is -2.44. The highest BCUT2D eigenvalue weighted by atomic mass is 19.3. The van der Waals surface area contributed by atoms with Gasteiger partial charge in [-0.15, -0.1) is 0 Å². The number of imidazole rings is 1. The summed E-state index contributed by atoms with van der Waals surface area (Å²) in [5, 5.41) is 10.2. The average molecular weight is 668 g/mol. The SMILES string of the molecule is CCc1nonc1C(=O)N[C@H](c1nc2c(F)c([C@H]3CN(C(=O)OC)CCN3C(=O)C3CC(F)(F)C3)ccc2[nH]1)C1CCC(F)(F)CC1. The number of aromatic amines is 1. The second kappa shape index (κ2) is 12.4. The molecule has 2 atom stereocenters. The zero-order chi connectivity index (χ0) is 33.7. The second-order valence-corrected chi connectivity index (χ2v) is 12.5. The molecule has 2 N–H and O–H groups in total. The Morgan fingerprint density at radius 2 is 1.83 bits per heavy atom. The first-order valence-corrected chi connectivity index (χ1v) is 15.5. The van der Waals surface area contributed by atoms with Crippen LogP contribution in [0.5, 0.6) is 0 Å². The van der Waals surface area contributed by atoms with Gasteiger partial charge in [0.15, 0.2) is 11.5 Å². The fourth-order valence-corrected chi connectivity index (χ4v) is 6.79. The number of amides is 3. The summed E-state index contributed by atoms with van der Waals surface area (Å²) in [7, 11) is 1.19. The summed E-state index contributed by atoms with van der Waals surface area (Å²) >= 11 is 0. The van der Waals surface area contributed by atoms with Gasteiger partial charge >= 0.3 is 6.09 Å². The van der Waals surface area contributed by atoms with Crippen LogP contribution < -0.4 is 5.32 Å². The third kappa shape index (κ3) is 6.35. The first-order valence-electron chi connectivity index (χ1n) is 15.5. The summed E-state index contributed by atoms with van der Waals surface area (Å²) in [6.07, 6.45) is -2.23. The number of alkyl halides is 4. The summed E-state index contributed by atoms with van der Waals surface area (Å²) in [6, 6.07) is 0.978. The number of benzene rings is 1. The lowest BCUT2D eigenvalue weighted by molar-refractivity contribution is -0.164. The van der Waals surface area contributed by atoms with E-state index in [0.717, 1.165) is 0 Å². The quantitative estimate of drug-likeness (QED) is 0.337.